The van der Waals surface area contributed by atoms with Crippen LogP contribution in [0.2, 0.25) is 0 Å². The second-order valence-electron chi connectivity index (χ2n) is 6.02. The smallest absolute Gasteiger partial charge is 0.311 e. The van der Waals surface area contributed by atoms with Crippen LogP contribution in [-0.4, -0.2) is 33.7 Å². The van der Waals surface area contributed by atoms with E-state index < -0.39 is 11.4 Å². The Balaban J connectivity index is 1.99. The maximum absolute atomic E-state index is 12.4. The fourth-order valence-electron chi connectivity index (χ4n) is 2.50. The molecule has 2 N–H and O–H groups in total. The maximum atomic E-state index is 12.4. The van der Waals surface area contributed by atoms with Crippen LogP contribution < -0.4 is 10.1 Å². The Morgan fingerprint density at radius 2 is 2.04 bits per heavy atom. The molecule has 1 amide bonds. The van der Waals surface area contributed by atoms with Crippen LogP contribution in [0, 0.1) is 12.3 Å². The number of hydrogen-bond acceptors (Lipinski definition) is 6. The lowest BCUT2D eigenvalue weighted by Crippen LogP contribution is -2.42. The first kappa shape index (κ1) is 19.4. The zero-order valence-electron chi connectivity index (χ0n) is 15.1. The third-order valence-corrected chi connectivity index (χ3v) is 4.43. The van der Waals surface area contributed by atoms with Gasteiger partial charge in [-0.15, -0.1) is 0 Å². The monoisotopic (exact) mass is 361 g/mol. The Hall–Kier alpha value is -2.90. The Morgan fingerprint density at radius 3 is 2.62 bits per heavy atom. The summed E-state index contributed by atoms with van der Waals surface area (Å²) < 4.78 is 10.4. The van der Waals surface area contributed by atoms with Crippen molar-refractivity contribution in [2.45, 2.75) is 40.2 Å². The fourth-order valence-corrected chi connectivity index (χ4v) is 2.50. The van der Waals surface area contributed by atoms with E-state index in [1.807, 2.05) is 0 Å². The van der Waals surface area contributed by atoms with Gasteiger partial charge in [-0.3, -0.25) is 9.59 Å². The number of hydrogen-bond donors (Lipinski definition) is 2. The van der Waals surface area contributed by atoms with Crippen molar-refractivity contribution in [2.75, 3.05) is 6.54 Å². The van der Waals surface area contributed by atoms with Crippen LogP contribution in [0.15, 0.2) is 28.8 Å². The van der Waals surface area contributed by atoms with E-state index in [0.29, 0.717) is 35.9 Å². The lowest BCUT2D eigenvalue weighted by Gasteiger charge is -2.26. The fraction of sp³-hybridized carbons (Fsp3) is 0.444. The van der Waals surface area contributed by atoms with Gasteiger partial charge in [0.1, 0.15) is 5.75 Å². The van der Waals surface area contributed by atoms with Crippen molar-refractivity contribution in [1.29, 1.82) is 0 Å². The highest BCUT2D eigenvalue weighted by Gasteiger charge is 2.35. The first-order valence-corrected chi connectivity index (χ1v) is 8.44. The zero-order chi connectivity index (χ0) is 19.2. The summed E-state index contributed by atoms with van der Waals surface area (Å²) in [5, 5.41) is 15.9. The number of aliphatic carboxylic acids is 1. The van der Waals surface area contributed by atoms with E-state index in [2.05, 4.69) is 15.5 Å². The standard InChI is InChI=1S/C18H23N3O5/c1-4-18(5-2,17(23)24)11-19-16(22)13-7-6-8-14(9-13)25-10-15-20-12(3)26-21-15/h6-9H,4-5,10-11H2,1-3H3,(H,19,22)(H,23,24). The van der Waals surface area contributed by atoms with Crippen molar-refractivity contribution in [1.82, 2.24) is 15.5 Å². The van der Waals surface area contributed by atoms with Crippen LogP contribution >= 0.6 is 0 Å². The molecular formula is C18H23N3O5. The second kappa shape index (κ2) is 8.46. The molecule has 1 aromatic heterocycles. The molecule has 0 saturated carbocycles. The largest absolute Gasteiger partial charge is 0.485 e. The number of carbonyl (C=O) groups is 2. The van der Waals surface area contributed by atoms with Gasteiger partial charge < -0.3 is 19.7 Å². The third-order valence-electron chi connectivity index (χ3n) is 4.43. The molecule has 8 nitrogen and oxygen atoms in total. The number of nitrogens with zero attached hydrogens (tertiary/aromatic N) is 2. The van der Waals surface area contributed by atoms with Crippen molar-refractivity contribution in [2.24, 2.45) is 5.41 Å². The molecule has 0 aliphatic carbocycles. The first-order chi connectivity index (χ1) is 12.4. The highest BCUT2D eigenvalue weighted by molar-refractivity contribution is 5.94. The Morgan fingerprint density at radius 1 is 1.31 bits per heavy atom. The van der Waals surface area contributed by atoms with Gasteiger partial charge in [0.15, 0.2) is 6.61 Å². The molecule has 0 bridgehead atoms. The van der Waals surface area contributed by atoms with Crippen molar-refractivity contribution in [3.8, 4) is 5.75 Å². The Kier molecular flexibility index (Phi) is 6.32. The van der Waals surface area contributed by atoms with Crippen LogP contribution in [0.25, 0.3) is 0 Å². The quantitative estimate of drug-likeness (QED) is 0.705. The van der Waals surface area contributed by atoms with Gasteiger partial charge in [0.05, 0.1) is 5.41 Å². The van der Waals surface area contributed by atoms with Crippen molar-refractivity contribution in [3.05, 3.63) is 41.5 Å². The predicted molar refractivity (Wildman–Crippen MR) is 92.8 cm³/mol. The first-order valence-electron chi connectivity index (χ1n) is 8.44. The van der Waals surface area contributed by atoms with Crippen molar-refractivity contribution < 1.29 is 24.0 Å². The Labute approximate surface area is 151 Å². The van der Waals surface area contributed by atoms with Gasteiger partial charge in [0.2, 0.25) is 11.7 Å². The molecule has 0 radical (unpaired) electrons. The lowest BCUT2D eigenvalue weighted by atomic mass is 9.82. The minimum absolute atomic E-state index is 0.0708. The summed E-state index contributed by atoms with van der Waals surface area (Å²) >= 11 is 0. The average Bonchev–Trinajstić information content (AvgIpc) is 3.06. The summed E-state index contributed by atoms with van der Waals surface area (Å²) in [6.07, 6.45) is 0.874. The van der Waals surface area contributed by atoms with Crippen LogP contribution in [0.4, 0.5) is 0 Å². The molecule has 0 saturated heterocycles. The maximum Gasteiger partial charge on any atom is 0.311 e. The lowest BCUT2D eigenvalue weighted by molar-refractivity contribution is -0.149. The molecule has 0 fully saturated rings. The molecule has 1 heterocycles. The van der Waals surface area contributed by atoms with Crippen molar-refractivity contribution in [3.63, 3.8) is 0 Å². The number of rotatable bonds is 9. The SMILES string of the molecule is CCC(CC)(CNC(=O)c1cccc(OCc2noc(C)n2)c1)C(=O)O. The molecule has 0 aliphatic rings. The number of carbonyl (C=O) groups excluding carboxylic acids is 1. The molecule has 26 heavy (non-hydrogen) atoms. The van der Waals surface area contributed by atoms with E-state index in [0.717, 1.165) is 0 Å². The van der Waals surface area contributed by atoms with Crippen molar-refractivity contribution >= 4 is 11.9 Å². The second-order valence-corrected chi connectivity index (χ2v) is 6.02. The molecule has 2 rings (SSSR count). The highest BCUT2D eigenvalue weighted by atomic mass is 16.5. The number of benzene rings is 1. The number of carboxylic acids is 1. The van der Waals surface area contributed by atoms with Gasteiger partial charge in [0.25, 0.3) is 5.91 Å². The summed E-state index contributed by atoms with van der Waals surface area (Å²) in [4.78, 5) is 27.9. The summed E-state index contributed by atoms with van der Waals surface area (Å²) in [7, 11) is 0. The average molecular weight is 361 g/mol. The minimum atomic E-state index is -0.958. The molecule has 1 aromatic carbocycles. The van der Waals surface area contributed by atoms with Crippen LogP contribution in [0.5, 0.6) is 5.75 Å². The number of nitrogens with one attached hydrogen (secondary N) is 1. The molecule has 140 valence electrons. The van der Waals surface area contributed by atoms with Gasteiger partial charge in [-0.05, 0) is 31.0 Å². The highest BCUT2D eigenvalue weighted by Crippen LogP contribution is 2.26. The molecule has 8 heteroatoms. The molecule has 0 aliphatic heterocycles. The van der Waals surface area contributed by atoms with E-state index in [9.17, 15) is 14.7 Å². The topological polar surface area (TPSA) is 115 Å². The number of aryl methyl sites for hydroxylation is 1. The number of ether oxygens (including phenoxy) is 1. The van der Waals surface area contributed by atoms with E-state index in [1.54, 1.807) is 45.0 Å². The molecule has 2 aromatic rings. The summed E-state index contributed by atoms with van der Waals surface area (Å²) in [5.41, 5.74) is -0.571. The van der Waals surface area contributed by atoms with Gasteiger partial charge in [-0.2, -0.15) is 4.98 Å². The molecular weight excluding hydrogens is 338 g/mol. The molecule has 0 spiro atoms. The summed E-state index contributed by atoms with van der Waals surface area (Å²) in [5.74, 6) is 0.0873. The van der Waals surface area contributed by atoms with E-state index in [4.69, 9.17) is 9.26 Å². The van der Waals surface area contributed by atoms with Gasteiger partial charge >= 0.3 is 5.97 Å². The molecule has 0 unspecified atom stereocenters. The number of amides is 1. The minimum Gasteiger partial charge on any atom is -0.485 e. The van der Waals surface area contributed by atoms with E-state index >= 15 is 0 Å². The third kappa shape index (κ3) is 4.59. The van der Waals surface area contributed by atoms with Crippen LogP contribution in [-0.2, 0) is 11.4 Å². The Bertz CT molecular complexity index is 768. The van der Waals surface area contributed by atoms with Gasteiger partial charge in [-0.1, -0.05) is 25.1 Å². The van der Waals surface area contributed by atoms with Gasteiger partial charge in [0, 0.05) is 19.0 Å². The number of carboxylic acid groups (broad SMARTS) is 1. The van der Waals surface area contributed by atoms with E-state index in [-0.39, 0.29) is 19.1 Å². The van der Waals surface area contributed by atoms with Crippen LogP contribution in [0.1, 0.15) is 48.8 Å². The van der Waals surface area contributed by atoms with Crippen LogP contribution in [0.3, 0.4) is 0 Å². The number of aromatic nitrogens is 2. The zero-order valence-corrected chi connectivity index (χ0v) is 15.1. The van der Waals surface area contributed by atoms with Gasteiger partial charge in [-0.25, -0.2) is 0 Å². The summed E-state index contributed by atoms with van der Waals surface area (Å²) in [6, 6.07) is 6.63. The summed E-state index contributed by atoms with van der Waals surface area (Å²) in [6.45, 7) is 5.48. The normalized spacial score (nSPS) is 11.2. The van der Waals surface area contributed by atoms with E-state index in [1.165, 1.54) is 0 Å². The molecule has 0 atom stereocenters. The predicted octanol–water partition coefficient (Wildman–Crippen LogP) is 2.58.